The number of carbonyl (C=O) groups is 3. The lowest BCUT2D eigenvalue weighted by Crippen LogP contribution is -2.55. The van der Waals surface area contributed by atoms with Crippen LogP contribution in [0.2, 0.25) is 0 Å². The monoisotopic (exact) mass is 572 g/mol. The van der Waals surface area contributed by atoms with Crippen LogP contribution in [0.4, 0.5) is 0 Å². The summed E-state index contributed by atoms with van der Waals surface area (Å²) in [5, 5.41) is 1.05. The van der Waals surface area contributed by atoms with Gasteiger partial charge in [0, 0.05) is 86.2 Å². The third-order valence-electron chi connectivity index (χ3n) is 9.31. The first-order valence-electron chi connectivity index (χ1n) is 15.0. The van der Waals surface area contributed by atoms with Crippen molar-refractivity contribution in [3.8, 4) is 10.4 Å². The van der Waals surface area contributed by atoms with Gasteiger partial charge in [-0.25, -0.2) is 0 Å². The van der Waals surface area contributed by atoms with Crippen molar-refractivity contribution in [2.45, 2.75) is 45.6 Å². The Morgan fingerprint density at radius 1 is 0.732 bits per heavy atom. The zero-order chi connectivity index (χ0) is 28.5. The van der Waals surface area contributed by atoms with Crippen molar-refractivity contribution in [1.29, 1.82) is 0 Å². The Kier molecular flexibility index (Phi) is 8.13. The predicted octanol–water partition coefficient (Wildman–Crippen LogP) is 4.88. The van der Waals surface area contributed by atoms with Crippen LogP contribution in [0.15, 0.2) is 48.5 Å². The molecule has 0 spiro atoms. The van der Waals surface area contributed by atoms with E-state index in [0.29, 0.717) is 19.1 Å². The minimum absolute atomic E-state index is 0.0506. The summed E-state index contributed by atoms with van der Waals surface area (Å²) in [6.45, 7) is 9.88. The first kappa shape index (κ1) is 27.9. The molecule has 6 rings (SSSR count). The van der Waals surface area contributed by atoms with E-state index in [-0.39, 0.29) is 23.6 Å². The number of nitrogens with zero attached hydrogens (tertiary/aromatic N) is 4. The molecule has 3 saturated heterocycles. The number of rotatable bonds is 4. The number of carbonyl (C=O) groups excluding carboxylic acids is 3. The van der Waals surface area contributed by atoms with E-state index in [1.165, 1.54) is 5.56 Å². The molecule has 0 N–H and O–H groups in total. The van der Waals surface area contributed by atoms with Crippen LogP contribution in [0.5, 0.6) is 0 Å². The van der Waals surface area contributed by atoms with Gasteiger partial charge in [0.15, 0.2) is 0 Å². The van der Waals surface area contributed by atoms with Crippen LogP contribution >= 0.6 is 11.3 Å². The number of piperidine rings is 2. The molecule has 0 saturated carbocycles. The highest BCUT2D eigenvalue weighted by Gasteiger charge is 2.34. The van der Waals surface area contributed by atoms with Gasteiger partial charge in [-0.05, 0) is 44.2 Å². The van der Waals surface area contributed by atoms with Crippen molar-refractivity contribution in [2.24, 2.45) is 5.92 Å². The number of piperazine rings is 1. The van der Waals surface area contributed by atoms with E-state index < -0.39 is 0 Å². The molecule has 3 aromatic rings. The van der Waals surface area contributed by atoms with E-state index in [2.05, 4.69) is 53.1 Å². The van der Waals surface area contributed by atoms with Gasteiger partial charge in [0.1, 0.15) is 0 Å². The summed E-state index contributed by atoms with van der Waals surface area (Å²) < 4.78 is 1.15. The largest absolute Gasteiger partial charge is 0.343 e. The quantitative estimate of drug-likeness (QED) is 0.447. The van der Waals surface area contributed by atoms with Gasteiger partial charge in [-0.1, -0.05) is 48.0 Å². The van der Waals surface area contributed by atoms with Crippen molar-refractivity contribution >= 4 is 39.1 Å². The van der Waals surface area contributed by atoms with Crippen molar-refractivity contribution < 1.29 is 14.4 Å². The van der Waals surface area contributed by atoms with Crippen LogP contribution in [0.1, 0.15) is 48.5 Å². The van der Waals surface area contributed by atoms with Crippen LogP contribution in [-0.4, -0.2) is 95.7 Å². The second kappa shape index (κ2) is 11.9. The van der Waals surface area contributed by atoms with Crippen LogP contribution in [0.25, 0.3) is 20.5 Å². The molecular formula is C33H40N4O3S. The predicted molar refractivity (Wildman–Crippen MR) is 164 cm³/mol. The highest BCUT2D eigenvalue weighted by Crippen LogP contribution is 2.39. The van der Waals surface area contributed by atoms with E-state index in [1.807, 2.05) is 21.9 Å². The van der Waals surface area contributed by atoms with Gasteiger partial charge in [0.25, 0.3) is 5.91 Å². The van der Waals surface area contributed by atoms with E-state index in [9.17, 15) is 14.4 Å². The molecule has 0 radical (unpaired) electrons. The number of aryl methyl sites for hydroxylation is 1. The van der Waals surface area contributed by atoms with Gasteiger partial charge in [-0.2, -0.15) is 0 Å². The molecule has 7 nitrogen and oxygen atoms in total. The summed E-state index contributed by atoms with van der Waals surface area (Å²) in [6.07, 6.45) is 3.52. The minimum atomic E-state index is 0.0506. The maximum Gasteiger partial charge on any atom is 0.256 e. The fraction of sp³-hybridized carbons (Fsp3) is 0.485. The maximum absolute atomic E-state index is 14.0. The van der Waals surface area contributed by atoms with Gasteiger partial charge in [-0.15, -0.1) is 11.3 Å². The first-order chi connectivity index (χ1) is 19.9. The molecule has 1 aromatic heterocycles. The van der Waals surface area contributed by atoms with Crippen molar-refractivity contribution in [3.63, 3.8) is 0 Å². The third-order valence-corrected chi connectivity index (χ3v) is 10.5. The summed E-state index contributed by atoms with van der Waals surface area (Å²) in [6, 6.07) is 17.2. The zero-order valence-electron chi connectivity index (χ0n) is 24.2. The molecule has 3 aliphatic heterocycles. The van der Waals surface area contributed by atoms with Gasteiger partial charge >= 0.3 is 0 Å². The number of amides is 3. The average Bonchev–Trinajstić information content (AvgIpc) is 3.40. The number of hydrogen-bond acceptors (Lipinski definition) is 5. The fourth-order valence-corrected chi connectivity index (χ4v) is 7.97. The molecule has 0 unspecified atom stereocenters. The van der Waals surface area contributed by atoms with E-state index in [0.717, 1.165) is 91.0 Å². The molecular weight excluding hydrogens is 532 g/mol. The van der Waals surface area contributed by atoms with Gasteiger partial charge in [0.05, 0.1) is 5.56 Å². The number of hydrogen-bond donors (Lipinski definition) is 0. The molecule has 4 heterocycles. The maximum atomic E-state index is 14.0. The highest BCUT2D eigenvalue weighted by molar-refractivity contribution is 7.22. The van der Waals surface area contributed by atoms with Crippen molar-refractivity contribution in [1.82, 2.24) is 19.6 Å². The summed E-state index contributed by atoms with van der Waals surface area (Å²) >= 11 is 1.70. The normalized spacial score (nSPS) is 19.6. The number of likely N-dealkylation sites (tertiary alicyclic amines) is 2. The molecule has 8 heteroatoms. The molecule has 0 aliphatic carbocycles. The van der Waals surface area contributed by atoms with E-state index in [1.54, 1.807) is 18.3 Å². The molecule has 3 aliphatic rings. The molecule has 0 atom stereocenters. The Labute approximate surface area is 246 Å². The third kappa shape index (κ3) is 5.77. The lowest BCUT2D eigenvalue weighted by Gasteiger charge is -2.43. The molecule has 0 bridgehead atoms. The van der Waals surface area contributed by atoms with E-state index in [4.69, 9.17) is 0 Å². The van der Waals surface area contributed by atoms with Crippen molar-refractivity contribution in [2.75, 3.05) is 52.4 Å². The number of fused-ring (bicyclic) bond motifs is 1. The summed E-state index contributed by atoms with van der Waals surface area (Å²) in [5.41, 5.74) is 3.15. The highest BCUT2D eigenvalue weighted by atomic mass is 32.1. The number of benzene rings is 2. The second-order valence-electron chi connectivity index (χ2n) is 11.8. The second-order valence-corrected chi connectivity index (χ2v) is 12.9. The average molecular weight is 573 g/mol. The zero-order valence-corrected chi connectivity index (χ0v) is 25.0. The van der Waals surface area contributed by atoms with Crippen LogP contribution in [-0.2, 0) is 9.59 Å². The summed E-state index contributed by atoms with van der Waals surface area (Å²) in [5.74, 6) is 0.562. The Morgan fingerprint density at radius 2 is 1.37 bits per heavy atom. The lowest BCUT2D eigenvalue weighted by molar-refractivity contribution is -0.141. The molecule has 2 aromatic carbocycles. The van der Waals surface area contributed by atoms with Crippen LogP contribution < -0.4 is 0 Å². The van der Waals surface area contributed by atoms with Crippen molar-refractivity contribution in [3.05, 3.63) is 59.7 Å². The summed E-state index contributed by atoms with van der Waals surface area (Å²) in [4.78, 5) is 48.3. The smallest absolute Gasteiger partial charge is 0.256 e. The Hall–Kier alpha value is -3.23. The molecule has 3 fully saturated rings. The van der Waals surface area contributed by atoms with Crippen LogP contribution in [0.3, 0.4) is 0 Å². The fourth-order valence-electron chi connectivity index (χ4n) is 6.77. The SMILES string of the molecule is CC(=O)N1CCC(C(=O)N2CCC(N3CCN(C(=O)c4c(-c5ccc(C)cc5)sc5ccccc45)CC3)CC2)CC1. The topological polar surface area (TPSA) is 64.2 Å². The Balaban J connectivity index is 1.06. The minimum Gasteiger partial charge on any atom is -0.343 e. The van der Waals surface area contributed by atoms with E-state index >= 15 is 0 Å². The Morgan fingerprint density at radius 3 is 2.02 bits per heavy atom. The number of thiophene rings is 1. The molecule has 41 heavy (non-hydrogen) atoms. The van der Waals surface area contributed by atoms with Gasteiger partial charge in [-0.3, -0.25) is 19.3 Å². The lowest BCUT2D eigenvalue weighted by atomic mass is 9.93. The van der Waals surface area contributed by atoms with Gasteiger partial charge < -0.3 is 14.7 Å². The summed E-state index contributed by atoms with van der Waals surface area (Å²) in [7, 11) is 0. The molecule has 3 amide bonds. The Bertz CT molecular complexity index is 1410. The molecule has 216 valence electrons. The standard InChI is InChI=1S/C33H40N4O3S/c1-23-7-9-25(10-8-23)31-30(28-5-3-4-6-29(28)41-31)33(40)37-21-19-35(20-22-37)27-13-17-36(18-14-27)32(39)26-11-15-34(16-12-26)24(2)38/h3-10,26-27H,11-22H2,1-2H3. The van der Waals surface area contributed by atoms with Gasteiger partial charge in [0.2, 0.25) is 11.8 Å². The first-order valence-corrected chi connectivity index (χ1v) is 15.9. The van der Waals surface area contributed by atoms with Crippen LogP contribution in [0, 0.1) is 12.8 Å².